The smallest absolute Gasteiger partial charge is 0.305 e. The van der Waals surface area contributed by atoms with Crippen molar-refractivity contribution in [3.8, 4) is 0 Å². The summed E-state index contributed by atoms with van der Waals surface area (Å²) in [5.74, 6) is -1.20. The van der Waals surface area contributed by atoms with Crippen molar-refractivity contribution in [1.82, 2.24) is 20.6 Å². The van der Waals surface area contributed by atoms with Gasteiger partial charge in [0.1, 0.15) is 5.82 Å². The number of halogens is 1. The fraction of sp³-hybridized carbons (Fsp3) is 0.435. The number of nitrogens with one attached hydrogen (secondary N) is 3. The Kier molecular flexibility index (Phi) is 7.34. The van der Waals surface area contributed by atoms with E-state index in [1.807, 2.05) is 0 Å². The first-order chi connectivity index (χ1) is 16.8. The normalized spacial score (nSPS) is 26.1. The second kappa shape index (κ2) is 10.4. The molecule has 0 radical (unpaired) electrons. The third kappa shape index (κ3) is 5.61. The van der Waals surface area contributed by atoms with Gasteiger partial charge in [0.05, 0.1) is 42.5 Å². The van der Waals surface area contributed by atoms with Crippen LogP contribution in [0.1, 0.15) is 30.6 Å². The number of aliphatic imine (C=N–C) groups is 1. The SMILES string of the molecule is CNC(=O)C1(C)COC(C2N=C(c3ccnc(NCCC(=O)O)n3)C(c3ccc(F)cc3)N2)OC1. The minimum absolute atomic E-state index is 0.0816. The van der Waals surface area contributed by atoms with E-state index in [0.29, 0.717) is 11.4 Å². The first kappa shape index (κ1) is 24.6. The van der Waals surface area contributed by atoms with E-state index in [1.165, 1.54) is 12.1 Å². The first-order valence-corrected chi connectivity index (χ1v) is 11.1. The molecule has 0 spiro atoms. The Balaban J connectivity index is 1.57. The molecule has 186 valence electrons. The molecule has 4 rings (SSSR count). The number of carboxylic acid groups (broad SMARTS) is 1. The summed E-state index contributed by atoms with van der Waals surface area (Å²) in [6.45, 7) is 2.25. The van der Waals surface area contributed by atoms with Gasteiger partial charge in [-0.25, -0.2) is 14.4 Å². The largest absolute Gasteiger partial charge is 0.481 e. The van der Waals surface area contributed by atoms with Gasteiger partial charge in [-0.2, -0.15) is 0 Å². The number of ether oxygens (including phenoxy) is 2. The molecule has 0 bridgehead atoms. The summed E-state index contributed by atoms with van der Waals surface area (Å²) < 4.78 is 25.3. The number of anilines is 1. The van der Waals surface area contributed by atoms with E-state index in [2.05, 4.69) is 25.9 Å². The van der Waals surface area contributed by atoms with Crippen molar-refractivity contribution in [2.24, 2.45) is 10.4 Å². The van der Waals surface area contributed by atoms with Gasteiger partial charge in [0.2, 0.25) is 11.9 Å². The van der Waals surface area contributed by atoms with Gasteiger partial charge in [0.25, 0.3) is 0 Å². The van der Waals surface area contributed by atoms with Gasteiger partial charge < -0.3 is 25.2 Å². The molecule has 1 aromatic heterocycles. The van der Waals surface area contributed by atoms with E-state index in [1.54, 1.807) is 38.4 Å². The maximum atomic E-state index is 13.6. The molecule has 2 aliphatic rings. The van der Waals surface area contributed by atoms with E-state index < -0.39 is 29.9 Å². The number of nitrogens with zero attached hydrogens (tertiary/aromatic N) is 3. The highest BCUT2D eigenvalue weighted by Gasteiger charge is 2.43. The Hall–Kier alpha value is -3.48. The number of carboxylic acids is 1. The summed E-state index contributed by atoms with van der Waals surface area (Å²) in [4.78, 5) is 36.4. The molecule has 0 aliphatic carbocycles. The number of aliphatic carboxylic acids is 1. The van der Waals surface area contributed by atoms with Crippen molar-refractivity contribution in [3.05, 3.63) is 53.6 Å². The minimum Gasteiger partial charge on any atom is -0.481 e. The summed E-state index contributed by atoms with van der Waals surface area (Å²) in [5, 5.41) is 17.7. The van der Waals surface area contributed by atoms with Gasteiger partial charge in [-0.3, -0.25) is 19.9 Å². The average molecular weight is 487 g/mol. The lowest BCUT2D eigenvalue weighted by atomic mass is 9.91. The lowest BCUT2D eigenvalue weighted by molar-refractivity contribution is -0.232. The molecule has 2 unspecified atom stereocenters. The number of rotatable bonds is 8. The summed E-state index contributed by atoms with van der Waals surface area (Å²) in [6.07, 6.45) is 0.114. The maximum Gasteiger partial charge on any atom is 0.305 e. The molecule has 11 nitrogen and oxygen atoms in total. The third-order valence-electron chi connectivity index (χ3n) is 5.80. The zero-order chi connectivity index (χ0) is 25.0. The van der Waals surface area contributed by atoms with E-state index in [-0.39, 0.29) is 43.9 Å². The molecule has 3 heterocycles. The van der Waals surface area contributed by atoms with Gasteiger partial charge in [-0.15, -0.1) is 0 Å². The van der Waals surface area contributed by atoms with Crippen molar-refractivity contribution >= 4 is 23.5 Å². The van der Waals surface area contributed by atoms with Gasteiger partial charge in [-0.05, 0) is 30.7 Å². The van der Waals surface area contributed by atoms with Crippen molar-refractivity contribution in [3.63, 3.8) is 0 Å². The van der Waals surface area contributed by atoms with Gasteiger partial charge in [0.15, 0.2) is 12.5 Å². The Bertz CT molecular complexity index is 1100. The van der Waals surface area contributed by atoms with Crippen LogP contribution in [0, 0.1) is 11.2 Å². The molecule has 35 heavy (non-hydrogen) atoms. The fourth-order valence-electron chi connectivity index (χ4n) is 3.88. The van der Waals surface area contributed by atoms with Crippen LogP contribution in [0.4, 0.5) is 10.3 Å². The molecule has 1 saturated heterocycles. The molecule has 2 aromatic rings. The third-order valence-corrected chi connectivity index (χ3v) is 5.80. The van der Waals surface area contributed by atoms with Crippen LogP contribution in [0.15, 0.2) is 41.5 Å². The quantitative estimate of drug-likeness (QED) is 0.430. The predicted molar refractivity (Wildman–Crippen MR) is 123 cm³/mol. The highest BCUT2D eigenvalue weighted by Crippen LogP contribution is 2.31. The Labute approximate surface area is 201 Å². The highest BCUT2D eigenvalue weighted by molar-refractivity contribution is 6.04. The lowest BCUT2D eigenvalue weighted by Gasteiger charge is -2.37. The van der Waals surface area contributed by atoms with Crippen LogP contribution in [0.3, 0.4) is 0 Å². The number of carbonyl (C=O) groups excluding carboxylic acids is 1. The molecule has 2 aliphatic heterocycles. The van der Waals surface area contributed by atoms with Crippen molar-refractivity contribution in [1.29, 1.82) is 0 Å². The van der Waals surface area contributed by atoms with Crippen LogP contribution in [0.2, 0.25) is 0 Å². The summed E-state index contributed by atoms with van der Waals surface area (Å²) in [7, 11) is 1.56. The monoisotopic (exact) mass is 486 g/mol. The van der Waals surface area contributed by atoms with Gasteiger partial charge in [-0.1, -0.05) is 12.1 Å². The van der Waals surface area contributed by atoms with Gasteiger partial charge in [0, 0.05) is 19.8 Å². The fourth-order valence-corrected chi connectivity index (χ4v) is 3.88. The standard InChI is InChI=1S/C23H27FN6O5/c1-23(21(33)25-2)11-34-20(35-12-23)19-29-17(13-3-5-14(24)6-4-13)18(30-19)15-7-9-26-22(28-15)27-10-8-16(31)32/h3-7,9,17,19-20,29H,8,10-12H2,1-2H3,(H,25,33)(H,31,32)(H,26,27,28). The number of amides is 1. The predicted octanol–water partition coefficient (Wildman–Crippen LogP) is 1.09. The van der Waals surface area contributed by atoms with Crippen LogP contribution in [-0.2, 0) is 19.1 Å². The van der Waals surface area contributed by atoms with Crippen LogP contribution in [0.5, 0.6) is 0 Å². The van der Waals surface area contributed by atoms with E-state index in [9.17, 15) is 14.0 Å². The molecule has 0 saturated carbocycles. The van der Waals surface area contributed by atoms with Crippen molar-refractivity contribution < 1.29 is 28.6 Å². The molecule has 4 N–H and O–H groups in total. The van der Waals surface area contributed by atoms with Crippen LogP contribution < -0.4 is 16.0 Å². The highest BCUT2D eigenvalue weighted by atomic mass is 19.1. The minimum atomic E-state index is -0.933. The van der Waals surface area contributed by atoms with E-state index in [0.717, 1.165) is 5.56 Å². The zero-order valence-corrected chi connectivity index (χ0v) is 19.3. The van der Waals surface area contributed by atoms with E-state index >= 15 is 0 Å². The summed E-state index contributed by atoms with van der Waals surface area (Å²) in [5.41, 5.74) is 1.03. The number of hydrogen-bond donors (Lipinski definition) is 4. The van der Waals surface area contributed by atoms with Crippen LogP contribution in [0.25, 0.3) is 0 Å². The molecule has 2 atom stereocenters. The molecular weight excluding hydrogens is 459 g/mol. The van der Waals surface area contributed by atoms with Crippen molar-refractivity contribution in [2.75, 3.05) is 32.1 Å². The molecule has 1 fully saturated rings. The van der Waals surface area contributed by atoms with Crippen LogP contribution in [-0.4, -0.2) is 71.9 Å². The number of benzene rings is 1. The second-order valence-corrected chi connectivity index (χ2v) is 8.58. The Morgan fingerprint density at radius 2 is 1.94 bits per heavy atom. The number of hydrogen-bond acceptors (Lipinski definition) is 9. The molecule has 12 heteroatoms. The first-order valence-electron chi connectivity index (χ1n) is 11.1. The average Bonchev–Trinajstić information content (AvgIpc) is 3.30. The Morgan fingerprint density at radius 3 is 2.60 bits per heavy atom. The zero-order valence-electron chi connectivity index (χ0n) is 19.3. The molecular formula is C23H27FN6O5. The number of aromatic nitrogens is 2. The topological polar surface area (TPSA) is 147 Å². The van der Waals surface area contributed by atoms with Crippen molar-refractivity contribution in [2.45, 2.75) is 31.8 Å². The van der Waals surface area contributed by atoms with E-state index in [4.69, 9.17) is 19.6 Å². The molecule has 1 aromatic carbocycles. The van der Waals surface area contributed by atoms with Gasteiger partial charge >= 0.3 is 5.97 Å². The summed E-state index contributed by atoms with van der Waals surface area (Å²) in [6, 6.07) is 7.29. The summed E-state index contributed by atoms with van der Waals surface area (Å²) >= 11 is 0. The lowest BCUT2D eigenvalue weighted by Crippen LogP contribution is -2.53. The Morgan fingerprint density at radius 1 is 1.23 bits per heavy atom. The maximum absolute atomic E-state index is 13.6. The van der Waals surface area contributed by atoms with Crippen LogP contribution >= 0.6 is 0 Å². The molecule has 1 amide bonds. The second-order valence-electron chi connectivity index (χ2n) is 8.58. The number of carbonyl (C=O) groups is 2.